The third-order valence-electron chi connectivity index (χ3n) is 5.94. The molecule has 9 heteroatoms. The van der Waals surface area contributed by atoms with Crippen molar-refractivity contribution in [2.24, 2.45) is 0 Å². The lowest BCUT2D eigenvalue weighted by atomic mass is 9.98. The number of hydrogen-bond acceptors (Lipinski definition) is 6. The number of hydrogen-bond donors (Lipinski definition) is 2. The van der Waals surface area contributed by atoms with Crippen LogP contribution in [0.25, 0.3) is 0 Å². The molecule has 0 saturated heterocycles. The lowest BCUT2D eigenvalue weighted by Crippen LogP contribution is -2.55. The molecule has 41 heavy (non-hydrogen) atoms. The second kappa shape index (κ2) is 15.5. The lowest BCUT2D eigenvalue weighted by Gasteiger charge is -2.37. The largest absolute Gasteiger partial charge is 0.466 e. The van der Waals surface area contributed by atoms with Gasteiger partial charge in [0.25, 0.3) is 0 Å². The molecule has 220 valence electrons. The van der Waals surface area contributed by atoms with Crippen LogP contribution in [0.2, 0.25) is 0 Å². The molecule has 2 N–H and O–H groups in total. The first-order valence-electron chi connectivity index (χ1n) is 13.7. The summed E-state index contributed by atoms with van der Waals surface area (Å²) in [5.41, 5.74) is 1.18. The Morgan fingerprint density at radius 3 is 2.17 bits per heavy atom. The van der Waals surface area contributed by atoms with Crippen molar-refractivity contribution in [1.82, 2.24) is 15.5 Å². The van der Waals surface area contributed by atoms with Crippen molar-refractivity contribution in [2.75, 3.05) is 13.2 Å². The highest BCUT2D eigenvalue weighted by molar-refractivity contribution is 5.92. The van der Waals surface area contributed by atoms with E-state index in [4.69, 9.17) is 15.9 Å². The molecule has 0 bridgehead atoms. The number of ether oxygens (including phenoxy) is 2. The molecule has 0 aliphatic heterocycles. The van der Waals surface area contributed by atoms with Crippen LogP contribution in [0.4, 0.5) is 4.79 Å². The van der Waals surface area contributed by atoms with E-state index in [2.05, 4.69) is 16.6 Å². The number of terminal acetylenes is 1. The molecule has 2 aromatic carbocycles. The van der Waals surface area contributed by atoms with Gasteiger partial charge in [-0.3, -0.25) is 14.4 Å². The van der Waals surface area contributed by atoms with Gasteiger partial charge in [0.1, 0.15) is 17.7 Å². The summed E-state index contributed by atoms with van der Waals surface area (Å²) in [4.78, 5) is 54.0. The van der Waals surface area contributed by atoms with Crippen LogP contribution < -0.4 is 10.6 Å². The summed E-state index contributed by atoms with van der Waals surface area (Å²) in [6.07, 6.45) is 4.94. The van der Waals surface area contributed by atoms with Crippen molar-refractivity contribution in [1.29, 1.82) is 0 Å². The number of amides is 3. The van der Waals surface area contributed by atoms with Crippen LogP contribution in [0.5, 0.6) is 0 Å². The average molecular weight is 564 g/mol. The lowest BCUT2D eigenvalue weighted by molar-refractivity contribution is -0.145. The molecule has 9 nitrogen and oxygen atoms in total. The van der Waals surface area contributed by atoms with Crippen LogP contribution >= 0.6 is 0 Å². The molecule has 0 saturated carbocycles. The van der Waals surface area contributed by atoms with Gasteiger partial charge in [0, 0.05) is 24.6 Å². The summed E-state index contributed by atoms with van der Waals surface area (Å²) in [6.45, 7) is 10.8. The fraction of sp³-hybridized carbons (Fsp3) is 0.438. The normalized spacial score (nSPS) is 12.4. The van der Waals surface area contributed by atoms with Gasteiger partial charge in [-0.15, -0.1) is 6.42 Å². The van der Waals surface area contributed by atoms with E-state index in [9.17, 15) is 19.2 Å². The standard InChI is InChI=1S/C32H41N3O6/c1-8-23-15-17-25(18-16-23)28(29(37)33-20-19-27(36)40-9-2)35(22(3)4)30(38)26(21-24-13-11-10-12-14-24)34-31(39)41-32(5,6)7/h1,10-18,22,26,28H,9,19-21H2,2-7H3,(H,33,37)(H,34,39). The third kappa shape index (κ3) is 10.6. The number of nitrogens with one attached hydrogen (secondary N) is 2. The molecule has 0 heterocycles. The van der Waals surface area contributed by atoms with Crippen LogP contribution in [0.15, 0.2) is 54.6 Å². The summed E-state index contributed by atoms with van der Waals surface area (Å²) in [5, 5.41) is 5.48. The van der Waals surface area contributed by atoms with Gasteiger partial charge >= 0.3 is 12.1 Å². The Labute approximate surface area is 243 Å². The van der Waals surface area contributed by atoms with Crippen molar-refractivity contribution >= 4 is 23.9 Å². The first-order chi connectivity index (χ1) is 19.4. The Morgan fingerprint density at radius 1 is 1.00 bits per heavy atom. The smallest absolute Gasteiger partial charge is 0.408 e. The number of carbonyl (C=O) groups excluding carboxylic acids is 4. The van der Waals surface area contributed by atoms with E-state index in [1.54, 1.807) is 65.8 Å². The molecule has 0 aliphatic rings. The van der Waals surface area contributed by atoms with Gasteiger partial charge in [-0.25, -0.2) is 4.79 Å². The number of carbonyl (C=O) groups is 4. The third-order valence-corrected chi connectivity index (χ3v) is 5.94. The Balaban J connectivity index is 2.48. The van der Waals surface area contributed by atoms with E-state index in [-0.39, 0.29) is 26.0 Å². The maximum absolute atomic E-state index is 14.3. The van der Waals surface area contributed by atoms with E-state index in [0.717, 1.165) is 5.56 Å². The second-order valence-electron chi connectivity index (χ2n) is 10.7. The van der Waals surface area contributed by atoms with Crippen LogP contribution in [-0.4, -0.2) is 59.6 Å². The van der Waals surface area contributed by atoms with Crippen LogP contribution in [0.3, 0.4) is 0 Å². The molecule has 0 aliphatic carbocycles. The fourth-order valence-electron chi connectivity index (χ4n) is 4.18. The minimum Gasteiger partial charge on any atom is -0.466 e. The Kier molecular flexibility index (Phi) is 12.4. The Bertz CT molecular complexity index is 1210. The van der Waals surface area contributed by atoms with E-state index in [0.29, 0.717) is 11.1 Å². The number of alkyl carbamates (subject to hydrolysis) is 1. The summed E-state index contributed by atoms with van der Waals surface area (Å²) in [6, 6.07) is 13.5. The van der Waals surface area contributed by atoms with Crippen molar-refractivity contribution in [3.63, 3.8) is 0 Å². The number of rotatable bonds is 12. The number of nitrogens with zero attached hydrogens (tertiary/aromatic N) is 1. The van der Waals surface area contributed by atoms with Gasteiger partial charge in [0.2, 0.25) is 11.8 Å². The van der Waals surface area contributed by atoms with E-state index in [1.807, 2.05) is 30.3 Å². The summed E-state index contributed by atoms with van der Waals surface area (Å²) in [7, 11) is 0. The quantitative estimate of drug-likeness (QED) is 0.296. The molecule has 0 radical (unpaired) electrons. The predicted molar refractivity (Wildman–Crippen MR) is 157 cm³/mol. The van der Waals surface area contributed by atoms with Gasteiger partial charge in [-0.2, -0.15) is 0 Å². The Hall–Kier alpha value is -4.32. The highest BCUT2D eigenvalue weighted by Gasteiger charge is 2.38. The molecule has 0 aromatic heterocycles. The molecule has 0 spiro atoms. The van der Waals surface area contributed by atoms with Gasteiger partial charge in [0.05, 0.1) is 13.0 Å². The predicted octanol–water partition coefficient (Wildman–Crippen LogP) is 4.15. The minimum absolute atomic E-state index is 0.0191. The molecule has 3 amide bonds. The van der Waals surface area contributed by atoms with E-state index < -0.39 is 47.6 Å². The van der Waals surface area contributed by atoms with Crippen molar-refractivity contribution < 1.29 is 28.7 Å². The van der Waals surface area contributed by atoms with Crippen LogP contribution in [-0.2, 0) is 30.3 Å². The first-order valence-corrected chi connectivity index (χ1v) is 13.7. The Morgan fingerprint density at radius 2 is 1.63 bits per heavy atom. The summed E-state index contributed by atoms with van der Waals surface area (Å²) >= 11 is 0. The zero-order valence-corrected chi connectivity index (χ0v) is 24.7. The van der Waals surface area contributed by atoms with Gasteiger partial charge in [-0.1, -0.05) is 48.4 Å². The molecule has 2 atom stereocenters. The van der Waals surface area contributed by atoms with Crippen molar-refractivity contribution in [3.05, 3.63) is 71.3 Å². The molecule has 2 aromatic rings. The first kappa shape index (κ1) is 32.9. The SMILES string of the molecule is C#Cc1ccc(C(C(=O)NCCC(=O)OCC)N(C(=O)C(Cc2ccccc2)NC(=O)OC(C)(C)C)C(C)C)cc1. The minimum atomic E-state index is -1.07. The zero-order valence-electron chi connectivity index (χ0n) is 24.7. The van der Waals surface area contributed by atoms with Gasteiger partial charge in [0.15, 0.2) is 0 Å². The van der Waals surface area contributed by atoms with E-state index >= 15 is 0 Å². The average Bonchev–Trinajstić information content (AvgIpc) is 2.90. The van der Waals surface area contributed by atoms with Gasteiger partial charge < -0.3 is 25.0 Å². The highest BCUT2D eigenvalue weighted by Crippen LogP contribution is 2.26. The second-order valence-corrected chi connectivity index (χ2v) is 10.7. The summed E-state index contributed by atoms with van der Waals surface area (Å²) < 4.78 is 10.4. The van der Waals surface area contributed by atoms with Crippen LogP contribution in [0.1, 0.15) is 70.7 Å². The van der Waals surface area contributed by atoms with Gasteiger partial charge in [-0.05, 0) is 64.8 Å². The zero-order chi connectivity index (χ0) is 30.6. The molecule has 2 unspecified atom stereocenters. The molecule has 2 rings (SSSR count). The highest BCUT2D eigenvalue weighted by atomic mass is 16.6. The molecular formula is C32H41N3O6. The number of esters is 1. The topological polar surface area (TPSA) is 114 Å². The molecule has 0 fully saturated rings. The van der Waals surface area contributed by atoms with Crippen LogP contribution in [0, 0.1) is 12.3 Å². The maximum Gasteiger partial charge on any atom is 0.408 e. The molecular weight excluding hydrogens is 522 g/mol. The monoisotopic (exact) mass is 563 g/mol. The van der Waals surface area contributed by atoms with E-state index in [1.165, 1.54) is 4.90 Å². The summed E-state index contributed by atoms with van der Waals surface area (Å²) in [5.74, 6) is 1.15. The van der Waals surface area contributed by atoms with Crippen molar-refractivity contribution in [3.8, 4) is 12.3 Å². The maximum atomic E-state index is 14.3. The number of benzene rings is 2. The van der Waals surface area contributed by atoms with Crippen molar-refractivity contribution in [2.45, 2.75) is 78.1 Å². The fourth-order valence-corrected chi connectivity index (χ4v) is 4.18.